The van der Waals surface area contributed by atoms with Gasteiger partial charge >= 0.3 is 6.03 Å². The minimum atomic E-state index is -1.01. The summed E-state index contributed by atoms with van der Waals surface area (Å²) in [5, 5.41) is 4.88. The summed E-state index contributed by atoms with van der Waals surface area (Å²) in [6, 6.07) is 11.4. The molecule has 5 rings (SSSR count). The van der Waals surface area contributed by atoms with Crippen LogP contribution in [0.4, 0.5) is 4.79 Å². The summed E-state index contributed by atoms with van der Waals surface area (Å²) in [6.45, 7) is 0.343. The third-order valence-electron chi connectivity index (χ3n) is 5.93. The first-order valence-electron chi connectivity index (χ1n) is 9.63. The zero-order chi connectivity index (χ0) is 19.3. The Bertz CT molecular complexity index is 954. The van der Waals surface area contributed by atoms with Gasteiger partial charge in [-0.2, -0.15) is 0 Å². The summed E-state index contributed by atoms with van der Waals surface area (Å²) in [5.74, 6) is -0.467. The van der Waals surface area contributed by atoms with E-state index in [0.717, 1.165) is 40.2 Å². The highest BCUT2D eigenvalue weighted by molar-refractivity contribution is 7.09. The van der Waals surface area contributed by atoms with Crippen molar-refractivity contribution in [1.29, 1.82) is 0 Å². The van der Waals surface area contributed by atoms with Gasteiger partial charge in [0.2, 0.25) is 5.91 Å². The zero-order valence-electron chi connectivity index (χ0n) is 15.4. The molecule has 1 saturated carbocycles. The normalized spacial score (nSPS) is 23.2. The van der Waals surface area contributed by atoms with Crippen molar-refractivity contribution in [2.24, 2.45) is 0 Å². The summed E-state index contributed by atoms with van der Waals surface area (Å²) in [4.78, 5) is 42.9. The molecule has 4 amide bonds. The van der Waals surface area contributed by atoms with Crippen molar-refractivity contribution in [1.82, 2.24) is 15.1 Å². The van der Waals surface area contributed by atoms with Crippen LogP contribution in [0.1, 0.15) is 35.3 Å². The average molecular weight is 395 g/mol. The van der Waals surface area contributed by atoms with Gasteiger partial charge in [-0.25, -0.2) is 4.79 Å². The number of amides is 4. The molecule has 3 aliphatic rings. The molecule has 1 saturated heterocycles. The first-order chi connectivity index (χ1) is 13.6. The maximum absolute atomic E-state index is 13.2. The van der Waals surface area contributed by atoms with Gasteiger partial charge in [-0.3, -0.25) is 14.5 Å². The standard InChI is InChI=1S/C21H21N3O3S/c25-18(23(15-7-8-15)12-16-5-3-11-28-16)13-24-19(26)21(22-20(24)27)10-9-14-4-1-2-6-17(14)21/h1-6,11,15H,7-10,12-13H2,(H,22,27). The van der Waals surface area contributed by atoms with Crippen LogP contribution in [0.3, 0.4) is 0 Å². The molecule has 1 aromatic heterocycles. The summed E-state index contributed by atoms with van der Waals surface area (Å²) in [6.07, 6.45) is 3.25. The number of imide groups is 1. The van der Waals surface area contributed by atoms with Crippen molar-refractivity contribution in [3.05, 3.63) is 57.8 Å². The Hall–Kier alpha value is -2.67. The van der Waals surface area contributed by atoms with Crippen molar-refractivity contribution in [3.8, 4) is 0 Å². The van der Waals surface area contributed by atoms with E-state index in [1.807, 2.05) is 46.7 Å². The van der Waals surface area contributed by atoms with Gasteiger partial charge in [0.25, 0.3) is 5.91 Å². The zero-order valence-corrected chi connectivity index (χ0v) is 16.2. The predicted octanol–water partition coefficient (Wildman–Crippen LogP) is 2.63. The Morgan fingerprint density at radius 1 is 1.21 bits per heavy atom. The SMILES string of the molecule is O=C1NC2(CCc3ccccc32)C(=O)N1CC(=O)N(Cc1cccs1)C1CC1. The van der Waals surface area contributed by atoms with E-state index in [-0.39, 0.29) is 24.4 Å². The molecule has 6 nitrogen and oxygen atoms in total. The van der Waals surface area contributed by atoms with Crippen LogP contribution in [-0.2, 0) is 28.1 Å². The maximum Gasteiger partial charge on any atom is 0.325 e. The third-order valence-corrected chi connectivity index (χ3v) is 6.79. The van der Waals surface area contributed by atoms with Crippen molar-refractivity contribution >= 4 is 29.2 Å². The molecule has 2 aromatic rings. The summed E-state index contributed by atoms with van der Waals surface area (Å²) < 4.78 is 0. The molecule has 2 fully saturated rings. The van der Waals surface area contributed by atoms with Gasteiger partial charge in [0.05, 0.1) is 6.54 Å². The smallest absolute Gasteiger partial charge is 0.325 e. The van der Waals surface area contributed by atoms with Gasteiger partial charge in [-0.1, -0.05) is 30.3 Å². The number of hydrogen-bond acceptors (Lipinski definition) is 4. The molecule has 0 radical (unpaired) electrons. The van der Waals surface area contributed by atoms with E-state index >= 15 is 0 Å². The lowest BCUT2D eigenvalue weighted by Gasteiger charge is -2.25. The Morgan fingerprint density at radius 2 is 2.04 bits per heavy atom. The fourth-order valence-corrected chi connectivity index (χ4v) is 5.04. The summed E-state index contributed by atoms with van der Waals surface area (Å²) >= 11 is 1.61. The Morgan fingerprint density at radius 3 is 2.79 bits per heavy atom. The van der Waals surface area contributed by atoms with E-state index in [0.29, 0.717) is 13.0 Å². The van der Waals surface area contributed by atoms with Crippen LogP contribution in [0, 0.1) is 0 Å². The van der Waals surface area contributed by atoms with Crippen LogP contribution >= 0.6 is 11.3 Å². The largest absolute Gasteiger partial charge is 0.333 e. The van der Waals surface area contributed by atoms with E-state index in [4.69, 9.17) is 0 Å². The lowest BCUT2D eigenvalue weighted by atomic mass is 9.92. The van der Waals surface area contributed by atoms with Crippen molar-refractivity contribution in [2.75, 3.05) is 6.54 Å². The Balaban J connectivity index is 1.36. The Labute approximate surface area is 167 Å². The molecule has 2 heterocycles. The van der Waals surface area contributed by atoms with Crippen LogP contribution in [0.25, 0.3) is 0 Å². The molecule has 144 valence electrons. The number of fused-ring (bicyclic) bond motifs is 2. The van der Waals surface area contributed by atoms with Gasteiger partial charge in [0, 0.05) is 10.9 Å². The summed E-state index contributed by atoms with van der Waals surface area (Å²) in [7, 11) is 0. The van der Waals surface area contributed by atoms with Crippen LogP contribution in [0.2, 0.25) is 0 Å². The van der Waals surface area contributed by atoms with Gasteiger partial charge in [-0.05, 0) is 48.3 Å². The monoisotopic (exact) mass is 395 g/mol. The highest BCUT2D eigenvalue weighted by atomic mass is 32.1. The number of aryl methyl sites for hydroxylation is 1. The van der Waals surface area contributed by atoms with E-state index in [9.17, 15) is 14.4 Å². The second kappa shape index (κ2) is 6.44. The number of nitrogens with zero attached hydrogens (tertiary/aromatic N) is 2. The quantitative estimate of drug-likeness (QED) is 0.792. The molecule has 28 heavy (non-hydrogen) atoms. The number of urea groups is 1. The predicted molar refractivity (Wildman–Crippen MR) is 105 cm³/mol. The summed E-state index contributed by atoms with van der Waals surface area (Å²) in [5.41, 5.74) is 0.939. The molecular weight excluding hydrogens is 374 g/mol. The van der Waals surface area contributed by atoms with Crippen molar-refractivity contribution in [2.45, 2.75) is 43.8 Å². The molecule has 1 aliphatic heterocycles. The molecule has 7 heteroatoms. The Kier molecular flexibility index (Phi) is 4.01. The van der Waals surface area contributed by atoms with Crippen molar-refractivity contribution < 1.29 is 14.4 Å². The number of benzene rings is 1. The van der Waals surface area contributed by atoms with Crippen LogP contribution in [0.15, 0.2) is 41.8 Å². The third kappa shape index (κ3) is 2.73. The molecule has 2 aliphatic carbocycles. The van der Waals surface area contributed by atoms with Gasteiger partial charge in [0.15, 0.2) is 0 Å². The second-order valence-corrected chi connectivity index (χ2v) is 8.75. The topological polar surface area (TPSA) is 69.7 Å². The minimum absolute atomic E-state index is 0.164. The van der Waals surface area contributed by atoms with Gasteiger partial charge in [-0.15, -0.1) is 11.3 Å². The van der Waals surface area contributed by atoms with E-state index < -0.39 is 11.6 Å². The number of thiophene rings is 1. The second-order valence-electron chi connectivity index (χ2n) is 7.72. The number of carbonyl (C=O) groups excluding carboxylic acids is 3. The molecule has 1 unspecified atom stereocenters. The molecule has 0 bridgehead atoms. The molecule has 1 atom stereocenters. The highest BCUT2D eigenvalue weighted by Gasteiger charge is 2.55. The first kappa shape index (κ1) is 17.4. The molecule has 1 N–H and O–H groups in total. The van der Waals surface area contributed by atoms with Crippen LogP contribution in [-0.4, -0.2) is 40.2 Å². The molecular formula is C21H21N3O3S. The average Bonchev–Trinajstić information content (AvgIpc) is 3.19. The van der Waals surface area contributed by atoms with Gasteiger partial charge in [0.1, 0.15) is 12.1 Å². The fraction of sp³-hybridized carbons (Fsp3) is 0.381. The van der Waals surface area contributed by atoms with E-state index in [2.05, 4.69) is 5.32 Å². The molecule has 1 spiro atoms. The van der Waals surface area contributed by atoms with E-state index in [1.165, 1.54) is 0 Å². The fourth-order valence-electron chi connectivity index (χ4n) is 4.34. The lowest BCUT2D eigenvalue weighted by molar-refractivity contribution is -0.139. The lowest BCUT2D eigenvalue weighted by Crippen LogP contribution is -2.45. The first-order valence-corrected chi connectivity index (χ1v) is 10.5. The van der Waals surface area contributed by atoms with Crippen molar-refractivity contribution in [3.63, 3.8) is 0 Å². The molecule has 1 aromatic carbocycles. The number of nitrogens with one attached hydrogen (secondary N) is 1. The number of hydrogen-bond donors (Lipinski definition) is 1. The van der Waals surface area contributed by atoms with E-state index in [1.54, 1.807) is 11.3 Å². The maximum atomic E-state index is 13.2. The number of rotatable bonds is 5. The minimum Gasteiger partial charge on any atom is -0.333 e. The van der Waals surface area contributed by atoms with Crippen LogP contribution in [0.5, 0.6) is 0 Å². The number of carbonyl (C=O) groups is 3. The highest BCUT2D eigenvalue weighted by Crippen LogP contribution is 2.41. The van der Waals surface area contributed by atoms with Crippen LogP contribution < -0.4 is 5.32 Å². The van der Waals surface area contributed by atoms with Gasteiger partial charge < -0.3 is 10.2 Å².